The summed E-state index contributed by atoms with van der Waals surface area (Å²) in [4.78, 5) is 34.9. The van der Waals surface area contributed by atoms with Gasteiger partial charge in [-0.05, 0) is 56.3 Å². The Morgan fingerprint density at radius 1 is 1.11 bits per heavy atom. The molecule has 0 aromatic heterocycles. The number of para-hydroxylation sites is 1. The second-order valence-electron chi connectivity index (χ2n) is 8.47. The summed E-state index contributed by atoms with van der Waals surface area (Å²) in [6.07, 6.45) is 6.76. The summed E-state index contributed by atoms with van der Waals surface area (Å²) in [6, 6.07) is 6.05. The maximum Gasteiger partial charge on any atom is 0.311 e. The molecule has 0 spiro atoms. The fraction of sp³-hybridized carbons (Fsp3) is 0.600. The lowest BCUT2D eigenvalue weighted by atomic mass is 9.53. The van der Waals surface area contributed by atoms with E-state index >= 15 is 0 Å². The minimum atomic E-state index is -0.634. The van der Waals surface area contributed by atoms with Gasteiger partial charge in [-0.3, -0.25) is 19.7 Å². The SMILES string of the molecule is O=C(COC(=O)Cc1ccccc1[N+](=O)[O-])NC12CC3CC(CC(C3)C1)C2. The average molecular weight is 372 g/mol. The third kappa shape index (κ3) is 3.82. The van der Waals surface area contributed by atoms with Gasteiger partial charge in [-0.2, -0.15) is 0 Å². The third-order valence-corrected chi connectivity index (χ3v) is 6.33. The molecule has 0 heterocycles. The van der Waals surface area contributed by atoms with E-state index in [9.17, 15) is 19.7 Å². The molecule has 4 saturated carbocycles. The van der Waals surface area contributed by atoms with Gasteiger partial charge in [0.2, 0.25) is 0 Å². The molecule has 4 aliphatic carbocycles. The zero-order chi connectivity index (χ0) is 19.0. The number of nitrogens with one attached hydrogen (secondary N) is 1. The van der Waals surface area contributed by atoms with Gasteiger partial charge in [-0.25, -0.2) is 0 Å². The quantitative estimate of drug-likeness (QED) is 0.470. The van der Waals surface area contributed by atoms with Crippen LogP contribution in [0.1, 0.15) is 44.1 Å². The van der Waals surface area contributed by atoms with Crippen LogP contribution in [0.5, 0.6) is 0 Å². The molecule has 144 valence electrons. The van der Waals surface area contributed by atoms with Crippen LogP contribution in [0.4, 0.5) is 5.69 Å². The van der Waals surface area contributed by atoms with Crippen molar-refractivity contribution in [2.45, 2.75) is 50.5 Å². The van der Waals surface area contributed by atoms with Crippen molar-refractivity contribution in [1.29, 1.82) is 0 Å². The molecule has 0 atom stereocenters. The normalized spacial score (nSPS) is 30.7. The number of nitro benzene ring substituents is 1. The Balaban J connectivity index is 1.30. The number of hydrogen-bond acceptors (Lipinski definition) is 5. The van der Waals surface area contributed by atoms with E-state index in [0.29, 0.717) is 0 Å². The maximum atomic E-state index is 12.4. The molecule has 7 nitrogen and oxygen atoms in total. The van der Waals surface area contributed by atoms with E-state index < -0.39 is 10.9 Å². The Labute approximate surface area is 157 Å². The van der Waals surface area contributed by atoms with Crippen molar-refractivity contribution in [3.05, 3.63) is 39.9 Å². The van der Waals surface area contributed by atoms with Gasteiger partial charge in [0.1, 0.15) is 0 Å². The number of benzene rings is 1. The fourth-order valence-corrected chi connectivity index (χ4v) is 5.79. The number of nitrogens with zero attached hydrogens (tertiary/aromatic N) is 1. The number of ether oxygens (including phenoxy) is 1. The summed E-state index contributed by atoms with van der Waals surface area (Å²) < 4.78 is 5.08. The van der Waals surface area contributed by atoms with Crippen LogP contribution in [-0.2, 0) is 20.7 Å². The van der Waals surface area contributed by atoms with Crippen molar-refractivity contribution in [2.24, 2.45) is 17.8 Å². The topological polar surface area (TPSA) is 98.5 Å². The minimum Gasteiger partial charge on any atom is -0.455 e. The number of carbonyl (C=O) groups is 2. The molecule has 0 saturated heterocycles. The van der Waals surface area contributed by atoms with Gasteiger partial charge in [0.15, 0.2) is 6.61 Å². The number of nitro groups is 1. The Morgan fingerprint density at radius 2 is 1.70 bits per heavy atom. The van der Waals surface area contributed by atoms with Crippen LogP contribution < -0.4 is 5.32 Å². The maximum absolute atomic E-state index is 12.4. The molecule has 5 rings (SSSR count). The number of amides is 1. The van der Waals surface area contributed by atoms with Crippen molar-refractivity contribution in [3.63, 3.8) is 0 Å². The van der Waals surface area contributed by atoms with E-state index in [2.05, 4.69) is 5.32 Å². The number of carbonyl (C=O) groups excluding carboxylic acids is 2. The highest BCUT2D eigenvalue weighted by molar-refractivity contribution is 5.82. The van der Waals surface area contributed by atoms with Crippen LogP contribution in [0.2, 0.25) is 0 Å². The molecule has 0 aliphatic heterocycles. The molecule has 7 heteroatoms. The van der Waals surface area contributed by atoms with E-state index in [1.807, 2.05) is 0 Å². The van der Waals surface area contributed by atoms with Crippen molar-refractivity contribution in [2.75, 3.05) is 6.61 Å². The molecule has 27 heavy (non-hydrogen) atoms. The average Bonchev–Trinajstić information content (AvgIpc) is 2.58. The Bertz CT molecular complexity index is 740. The van der Waals surface area contributed by atoms with E-state index in [4.69, 9.17) is 4.74 Å². The van der Waals surface area contributed by atoms with E-state index in [-0.39, 0.29) is 35.7 Å². The lowest BCUT2D eigenvalue weighted by Gasteiger charge is -2.56. The summed E-state index contributed by atoms with van der Waals surface area (Å²) in [5, 5.41) is 14.2. The van der Waals surface area contributed by atoms with Crippen LogP contribution >= 0.6 is 0 Å². The molecule has 4 aliphatic rings. The van der Waals surface area contributed by atoms with Crippen LogP contribution in [0, 0.1) is 27.9 Å². The first-order valence-corrected chi connectivity index (χ1v) is 9.61. The van der Waals surface area contributed by atoms with Crippen molar-refractivity contribution < 1.29 is 19.2 Å². The highest BCUT2D eigenvalue weighted by Gasteiger charge is 2.51. The lowest BCUT2D eigenvalue weighted by Crippen LogP contribution is -2.60. The zero-order valence-electron chi connectivity index (χ0n) is 15.2. The first-order valence-electron chi connectivity index (χ1n) is 9.61. The van der Waals surface area contributed by atoms with Crippen LogP contribution in [0.15, 0.2) is 24.3 Å². The van der Waals surface area contributed by atoms with Crippen LogP contribution in [-0.4, -0.2) is 28.9 Å². The highest BCUT2D eigenvalue weighted by atomic mass is 16.6. The van der Waals surface area contributed by atoms with E-state index in [1.54, 1.807) is 12.1 Å². The van der Waals surface area contributed by atoms with Crippen molar-refractivity contribution in [3.8, 4) is 0 Å². The summed E-state index contributed by atoms with van der Waals surface area (Å²) in [5.41, 5.74) is 0.0534. The standard InChI is InChI=1S/C20H24N2O5/c23-18(21-20-9-13-5-14(10-20)7-15(6-13)11-20)12-27-19(24)8-16-3-1-2-4-17(16)22(25)26/h1-4,13-15H,5-12H2,(H,21,23). The fourth-order valence-electron chi connectivity index (χ4n) is 5.79. The molecule has 1 aromatic rings. The molecule has 0 radical (unpaired) electrons. The Morgan fingerprint density at radius 3 is 2.30 bits per heavy atom. The van der Waals surface area contributed by atoms with Gasteiger partial charge in [0.05, 0.1) is 11.3 Å². The lowest BCUT2D eigenvalue weighted by molar-refractivity contribution is -0.385. The number of hydrogen-bond donors (Lipinski definition) is 1. The van der Waals surface area contributed by atoms with Crippen LogP contribution in [0.25, 0.3) is 0 Å². The molecular weight excluding hydrogens is 348 g/mol. The summed E-state index contributed by atoms with van der Waals surface area (Å²) >= 11 is 0. The van der Waals surface area contributed by atoms with E-state index in [1.165, 1.54) is 31.4 Å². The second-order valence-corrected chi connectivity index (χ2v) is 8.47. The van der Waals surface area contributed by atoms with Gasteiger partial charge in [-0.15, -0.1) is 0 Å². The van der Waals surface area contributed by atoms with Gasteiger partial charge < -0.3 is 10.1 Å². The molecule has 1 N–H and O–H groups in total. The monoisotopic (exact) mass is 372 g/mol. The van der Waals surface area contributed by atoms with Gasteiger partial charge in [0.25, 0.3) is 11.6 Å². The van der Waals surface area contributed by atoms with Gasteiger partial charge >= 0.3 is 5.97 Å². The second kappa shape index (κ2) is 6.94. The Hall–Kier alpha value is -2.44. The molecule has 1 amide bonds. The summed E-state index contributed by atoms with van der Waals surface area (Å²) in [7, 11) is 0. The van der Waals surface area contributed by atoms with E-state index in [0.717, 1.165) is 37.0 Å². The third-order valence-electron chi connectivity index (χ3n) is 6.33. The molecule has 4 fully saturated rings. The predicted octanol–water partition coefficient (Wildman–Crippen LogP) is 2.77. The summed E-state index contributed by atoms with van der Waals surface area (Å²) in [6.45, 7) is -0.332. The van der Waals surface area contributed by atoms with Crippen molar-refractivity contribution in [1.82, 2.24) is 5.32 Å². The molecule has 1 aromatic carbocycles. The highest BCUT2D eigenvalue weighted by Crippen LogP contribution is 2.55. The minimum absolute atomic E-state index is 0.115. The first-order chi connectivity index (χ1) is 12.9. The largest absolute Gasteiger partial charge is 0.455 e. The predicted molar refractivity (Wildman–Crippen MR) is 96.8 cm³/mol. The van der Waals surface area contributed by atoms with Crippen molar-refractivity contribution >= 4 is 17.6 Å². The number of esters is 1. The molecule has 4 bridgehead atoms. The molecular formula is C20H24N2O5. The number of rotatable bonds is 6. The van der Waals surface area contributed by atoms with Crippen LogP contribution in [0.3, 0.4) is 0 Å². The molecule has 0 unspecified atom stereocenters. The zero-order valence-corrected chi connectivity index (χ0v) is 15.2. The smallest absolute Gasteiger partial charge is 0.311 e. The first kappa shape index (κ1) is 17.9. The van der Waals surface area contributed by atoms with Gasteiger partial charge in [0, 0.05) is 17.2 Å². The Kier molecular flexibility index (Phi) is 4.61. The van der Waals surface area contributed by atoms with Gasteiger partial charge in [-0.1, -0.05) is 18.2 Å². The summed E-state index contributed by atoms with van der Waals surface area (Å²) in [5.74, 6) is 1.26.